The number of sulfonamides is 1. The van der Waals surface area contributed by atoms with Crippen molar-refractivity contribution in [2.24, 2.45) is 0 Å². The van der Waals surface area contributed by atoms with Gasteiger partial charge in [-0.05, 0) is 12.8 Å². The predicted molar refractivity (Wildman–Crippen MR) is 125 cm³/mol. The van der Waals surface area contributed by atoms with Gasteiger partial charge in [0.05, 0.1) is 24.8 Å². The van der Waals surface area contributed by atoms with E-state index in [2.05, 4.69) is 10.1 Å². The molecule has 2 fully saturated rings. The van der Waals surface area contributed by atoms with Crippen molar-refractivity contribution in [3.05, 3.63) is 29.3 Å². The number of halogens is 4. The number of carbonyl (C=O) groups excluding carboxylic acids is 3. The number of hydrogen-bond acceptors (Lipinski definition) is 7. The molecule has 1 saturated heterocycles. The Morgan fingerprint density at radius 3 is 2.23 bits per heavy atom. The van der Waals surface area contributed by atoms with Crippen LogP contribution in [0, 0.1) is 23.3 Å². The van der Waals surface area contributed by atoms with Crippen molar-refractivity contribution in [2.75, 3.05) is 32.8 Å². The fourth-order valence-corrected chi connectivity index (χ4v) is 6.38. The number of ketones is 1. The van der Waals surface area contributed by atoms with Crippen molar-refractivity contribution >= 4 is 33.6 Å². The van der Waals surface area contributed by atoms with Crippen LogP contribution in [0.4, 0.5) is 17.6 Å². The van der Waals surface area contributed by atoms with Crippen molar-refractivity contribution in [2.45, 2.75) is 49.8 Å². The maximum absolute atomic E-state index is 13.8. The van der Waals surface area contributed by atoms with Gasteiger partial charge in [0.1, 0.15) is 12.6 Å². The molecule has 2 aliphatic rings. The van der Waals surface area contributed by atoms with Gasteiger partial charge in [0, 0.05) is 19.2 Å². The molecule has 39 heavy (non-hydrogen) atoms. The molecule has 1 atom stereocenters. The number of Topliss-reactive ketones (excluding diaryl/α,β-unsaturated/α-hetero) is 1. The largest absolute Gasteiger partial charge is 0.481 e. The summed E-state index contributed by atoms with van der Waals surface area (Å²) < 4.78 is 85.5. The van der Waals surface area contributed by atoms with Crippen molar-refractivity contribution < 1.29 is 55.0 Å². The van der Waals surface area contributed by atoms with E-state index in [4.69, 9.17) is 5.11 Å². The third-order valence-electron chi connectivity index (χ3n) is 6.48. The quantitative estimate of drug-likeness (QED) is 0.290. The fraction of sp³-hybridized carbons (Fsp3) is 0.565. The first-order chi connectivity index (χ1) is 18.3. The molecular weight excluding hydrogens is 554 g/mol. The lowest BCUT2D eigenvalue weighted by Crippen LogP contribution is -2.56. The Hall–Kier alpha value is -3.27. The van der Waals surface area contributed by atoms with Crippen LogP contribution in [0.3, 0.4) is 0 Å². The van der Waals surface area contributed by atoms with Gasteiger partial charge in [-0.1, -0.05) is 19.3 Å². The lowest BCUT2D eigenvalue weighted by Gasteiger charge is -2.36. The normalized spacial score (nSPS) is 18.1. The summed E-state index contributed by atoms with van der Waals surface area (Å²) in [4.78, 5) is 49.8. The topological polar surface area (TPSA) is 150 Å². The smallest absolute Gasteiger partial charge is 0.305 e. The molecule has 0 radical (unpaired) electrons. The van der Waals surface area contributed by atoms with Crippen molar-refractivity contribution in [1.29, 1.82) is 0 Å². The number of carboxylic acids is 1. The lowest BCUT2D eigenvalue weighted by atomic mass is 10.0. The number of piperazine rings is 1. The SMILES string of the molecule is O=C(O)C[C@H](NC(=O)CN1CCN(S(=O)(=O)C2CCCCC2)CC1=O)C(=O)COc1c(F)c(F)cc(F)c1F. The van der Waals surface area contributed by atoms with Gasteiger partial charge >= 0.3 is 5.97 Å². The third kappa shape index (κ3) is 7.44. The summed E-state index contributed by atoms with van der Waals surface area (Å²) in [5, 5.41) is 10.6. The van der Waals surface area contributed by atoms with E-state index in [9.17, 15) is 45.2 Å². The Morgan fingerprint density at radius 2 is 1.67 bits per heavy atom. The van der Waals surface area contributed by atoms with Gasteiger partial charge in [-0.2, -0.15) is 13.1 Å². The van der Waals surface area contributed by atoms with Gasteiger partial charge in [0.25, 0.3) is 0 Å². The molecule has 0 bridgehead atoms. The second kappa shape index (κ2) is 12.7. The molecule has 16 heteroatoms. The van der Waals surface area contributed by atoms with E-state index < -0.39 is 100 Å². The zero-order valence-corrected chi connectivity index (χ0v) is 21.4. The highest BCUT2D eigenvalue weighted by molar-refractivity contribution is 7.89. The zero-order chi connectivity index (χ0) is 28.9. The summed E-state index contributed by atoms with van der Waals surface area (Å²) >= 11 is 0. The van der Waals surface area contributed by atoms with Gasteiger partial charge in [0.2, 0.25) is 33.5 Å². The standard InChI is InChI=1S/C23H27F4N3O8S/c24-14-8-15(25)22(27)23(21(14)26)38-12-17(31)16(9-20(34)35)28-18(32)10-29-6-7-30(11-19(29)33)39(36,37)13-4-2-1-3-5-13/h8,13,16H,1-7,9-12H2,(H,28,32)(H,34,35)/t16-/m0/s1. The van der Waals surface area contributed by atoms with E-state index in [1.807, 2.05) is 0 Å². The molecule has 216 valence electrons. The summed E-state index contributed by atoms with van der Waals surface area (Å²) in [7, 11) is -3.69. The Bertz CT molecular complexity index is 1210. The monoisotopic (exact) mass is 581 g/mol. The first kappa shape index (κ1) is 30.3. The van der Waals surface area contributed by atoms with Crippen molar-refractivity contribution in [1.82, 2.24) is 14.5 Å². The average Bonchev–Trinajstić information content (AvgIpc) is 2.88. The number of amides is 2. The number of carbonyl (C=O) groups is 4. The number of rotatable bonds is 11. The van der Waals surface area contributed by atoms with Gasteiger partial charge in [-0.25, -0.2) is 17.2 Å². The number of nitrogens with zero attached hydrogens (tertiary/aromatic N) is 2. The Kier molecular flexibility index (Phi) is 9.88. The number of carboxylic acid groups (broad SMARTS) is 1. The minimum atomic E-state index is -3.69. The zero-order valence-electron chi connectivity index (χ0n) is 20.6. The number of nitrogens with one attached hydrogen (secondary N) is 1. The highest BCUT2D eigenvalue weighted by Crippen LogP contribution is 2.28. The van der Waals surface area contributed by atoms with Crippen molar-refractivity contribution in [3.8, 4) is 5.75 Å². The van der Waals surface area contributed by atoms with Gasteiger partial charge in [0.15, 0.2) is 23.2 Å². The first-order valence-corrected chi connectivity index (χ1v) is 13.6. The highest BCUT2D eigenvalue weighted by atomic mass is 32.2. The molecular formula is C23H27F4N3O8S. The van der Waals surface area contributed by atoms with Gasteiger partial charge < -0.3 is 20.1 Å². The molecule has 1 saturated carbocycles. The van der Waals surface area contributed by atoms with E-state index in [0.29, 0.717) is 12.8 Å². The second-order valence-corrected chi connectivity index (χ2v) is 11.4. The summed E-state index contributed by atoms with van der Waals surface area (Å²) in [6, 6.07) is -1.85. The fourth-order valence-electron chi connectivity index (χ4n) is 4.40. The van der Waals surface area contributed by atoms with Gasteiger partial charge in [-0.15, -0.1) is 0 Å². The predicted octanol–water partition coefficient (Wildman–Crippen LogP) is 0.957. The Labute approximate surface area is 221 Å². The number of benzene rings is 1. The maximum atomic E-state index is 13.8. The van der Waals surface area contributed by atoms with Crippen LogP contribution < -0.4 is 10.1 Å². The second-order valence-electron chi connectivity index (χ2n) is 9.22. The minimum Gasteiger partial charge on any atom is -0.481 e. The maximum Gasteiger partial charge on any atom is 0.305 e. The van der Waals surface area contributed by atoms with E-state index in [1.165, 1.54) is 0 Å². The molecule has 11 nitrogen and oxygen atoms in total. The van der Waals surface area contributed by atoms with E-state index in [1.54, 1.807) is 0 Å². The summed E-state index contributed by atoms with van der Waals surface area (Å²) in [6.07, 6.45) is 2.55. The summed E-state index contributed by atoms with van der Waals surface area (Å²) in [5.41, 5.74) is 0. The van der Waals surface area contributed by atoms with Crippen LogP contribution in [0.2, 0.25) is 0 Å². The van der Waals surface area contributed by atoms with Crippen LogP contribution >= 0.6 is 0 Å². The van der Waals surface area contributed by atoms with Crippen LogP contribution in [0.5, 0.6) is 5.75 Å². The van der Waals surface area contributed by atoms with Crippen LogP contribution in [0.1, 0.15) is 38.5 Å². The van der Waals surface area contributed by atoms with Crippen LogP contribution in [0.25, 0.3) is 0 Å². The molecule has 1 aromatic carbocycles. The van der Waals surface area contributed by atoms with E-state index >= 15 is 0 Å². The summed E-state index contributed by atoms with van der Waals surface area (Å²) in [6.45, 7) is -2.52. The Morgan fingerprint density at radius 1 is 1.05 bits per heavy atom. The Balaban J connectivity index is 1.59. The summed E-state index contributed by atoms with van der Waals surface area (Å²) in [5.74, 6) is -13.3. The molecule has 0 spiro atoms. The lowest BCUT2D eigenvalue weighted by molar-refractivity contribution is -0.142. The molecule has 3 rings (SSSR count). The third-order valence-corrected chi connectivity index (χ3v) is 8.83. The van der Waals surface area contributed by atoms with Crippen molar-refractivity contribution in [3.63, 3.8) is 0 Å². The average molecular weight is 582 g/mol. The molecule has 0 unspecified atom stereocenters. The first-order valence-electron chi connectivity index (χ1n) is 12.1. The highest BCUT2D eigenvalue weighted by Gasteiger charge is 2.38. The van der Waals surface area contributed by atoms with Gasteiger partial charge in [-0.3, -0.25) is 19.2 Å². The molecule has 1 aliphatic carbocycles. The molecule has 0 aromatic heterocycles. The van der Waals surface area contributed by atoms with E-state index in [0.717, 1.165) is 28.5 Å². The number of aliphatic carboxylic acids is 1. The molecule has 2 amide bonds. The molecule has 1 heterocycles. The molecule has 1 aromatic rings. The minimum absolute atomic E-state index is 0.0511. The number of hydrogen-bond donors (Lipinski definition) is 2. The van der Waals surface area contributed by atoms with Crippen LogP contribution in [-0.4, -0.2) is 90.4 Å². The van der Waals surface area contributed by atoms with E-state index in [-0.39, 0.29) is 19.2 Å². The number of ether oxygens (including phenoxy) is 1. The van der Waals surface area contributed by atoms with Crippen LogP contribution in [0.15, 0.2) is 6.07 Å². The van der Waals surface area contributed by atoms with Crippen LogP contribution in [-0.2, 0) is 29.2 Å². The molecule has 2 N–H and O–H groups in total. The molecule has 1 aliphatic heterocycles.